The SMILES string of the molecule is CC(=O)Oc1ccc(C2NC(CO)(C(=O)O)C3C(=O)N(c4cccc([N+](=O)[O-])c4)C(=O)C23)cc1. The second-order valence-corrected chi connectivity index (χ2v) is 8.01. The van der Waals surface area contributed by atoms with Crippen LogP contribution >= 0.6 is 0 Å². The van der Waals surface area contributed by atoms with E-state index in [1.54, 1.807) is 0 Å². The van der Waals surface area contributed by atoms with Crippen molar-refractivity contribution in [1.82, 2.24) is 5.32 Å². The Balaban J connectivity index is 1.79. The summed E-state index contributed by atoms with van der Waals surface area (Å²) in [7, 11) is 0. The molecule has 12 nitrogen and oxygen atoms in total. The van der Waals surface area contributed by atoms with Crippen molar-refractivity contribution in [2.24, 2.45) is 11.8 Å². The van der Waals surface area contributed by atoms with E-state index in [4.69, 9.17) is 4.74 Å². The van der Waals surface area contributed by atoms with Crippen molar-refractivity contribution >= 4 is 35.1 Å². The van der Waals surface area contributed by atoms with Crippen molar-refractivity contribution in [2.75, 3.05) is 11.5 Å². The number of nitro groups is 1. The predicted molar refractivity (Wildman–Crippen MR) is 114 cm³/mol. The number of nitrogens with zero attached hydrogens (tertiary/aromatic N) is 2. The van der Waals surface area contributed by atoms with E-state index in [-0.39, 0.29) is 17.1 Å². The van der Waals surface area contributed by atoms with Crippen LogP contribution in [0.25, 0.3) is 0 Å². The highest BCUT2D eigenvalue weighted by Crippen LogP contribution is 2.50. The molecule has 2 aromatic rings. The quantitative estimate of drug-likeness (QED) is 0.180. The van der Waals surface area contributed by atoms with E-state index in [2.05, 4.69) is 5.32 Å². The molecule has 2 saturated heterocycles. The molecule has 2 aliphatic rings. The number of fused-ring (bicyclic) bond motifs is 1. The minimum absolute atomic E-state index is 0.0696. The average molecular weight is 469 g/mol. The Kier molecular flexibility index (Phi) is 5.63. The van der Waals surface area contributed by atoms with Gasteiger partial charge in [0.2, 0.25) is 11.8 Å². The average Bonchev–Trinajstić information content (AvgIpc) is 3.28. The number of esters is 1. The minimum atomic E-state index is -2.16. The van der Waals surface area contributed by atoms with Crippen molar-refractivity contribution in [3.05, 3.63) is 64.2 Å². The number of ether oxygens (including phenoxy) is 1. The zero-order valence-corrected chi connectivity index (χ0v) is 17.7. The smallest absolute Gasteiger partial charge is 0.327 e. The zero-order valence-electron chi connectivity index (χ0n) is 17.7. The Morgan fingerprint density at radius 3 is 2.41 bits per heavy atom. The van der Waals surface area contributed by atoms with E-state index < -0.39 is 58.7 Å². The first-order valence-electron chi connectivity index (χ1n) is 10.1. The van der Waals surface area contributed by atoms with E-state index in [0.717, 1.165) is 11.0 Å². The third kappa shape index (κ3) is 3.49. The Labute approximate surface area is 191 Å². The number of imide groups is 1. The Morgan fingerprint density at radius 2 is 1.85 bits per heavy atom. The van der Waals surface area contributed by atoms with Gasteiger partial charge in [0, 0.05) is 25.1 Å². The van der Waals surface area contributed by atoms with Crippen molar-refractivity contribution in [3.8, 4) is 5.75 Å². The molecule has 2 fully saturated rings. The van der Waals surface area contributed by atoms with Crippen LogP contribution in [0.4, 0.5) is 11.4 Å². The van der Waals surface area contributed by atoms with Crippen molar-refractivity contribution in [2.45, 2.75) is 18.5 Å². The molecule has 2 amide bonds. The number of carbonyl (C=O) groups excluding carboxylic acids is 3. The van der Waals surface area contributed by atoms with E-state index in [1.807, 2.05) is 0 Å². The van der Waals surface area contributed by atoms with Gasteiger partial charge in [-0.2, -0.15) is 0 Å². The molecule has 3 N–H and O–H groups in total. The first-order chi connectivity index (χ1) is 16.1. The largest absolute Gasteiger partial charge is 0.480 e. The summed E-state index contributed by atoms with van der Waals surface area (Å²) in [6.07, 6.45) is 0. The van der Waals surface area contributed by atoms with E-state index in [9.17, 15) is 39.5 Å². The minimum Gasteiger partial charge on any atom is -0.480 e. The Bertz CT molecular complexity index is 1210. The second-order valence-electron chi connectivity index (χ2n) is 8.01. The topological polar surface area (TPSA) is 176 Å². The highest BCUT2D eigenvalue weighted by molar-refractivity contribution is 6.24. The normalized spacial score (nSPS) is 25.8. The van der Waals surface area contributed by atoms with Crippen LogP contribution in [0.1, 0.15) is 18.5 Å². The molecule has 2 heterocycles. The lowest BCUT2D eigenvalue weighted by molar-refractivity contribution is -0.384. The maximum Gasteiger partial charge on any atom is 0.327 e. The summed E-state index contributed by atoms with van der Waals surface area (Å²) in [5.41, 5.74) is -2.16. The number of benzene rings is 2. The van der Waals surface area contributed by atoms with Crippen molar-refractivity contribution in [3.63, 3.8) is 0 Å². The molecule has 0 radical (unpaired) electrons. The number of non-ortho nitro benzene ring substituents is 1. The van der Waals surface area contributed by atoms with Crippen LogP contribution in [0.5, 0.6) is 5.75 Å². The number of aliphatic hydroxyl groups excluding tert-OH is 1. The molecule has 0 aliphatic carbocycles. The molecule has 34 heavy (non-hydrogen) atoms. The summed E-state index contributed by atoms with van der Waals surface area (Å²) in [5, 5.41) is 33.9. The maximum atomic E-state index is 13.5. The van der Waals surface area contributed by atoms with Gasteiger partial charge in [-0.1, -0.05) is 18.2 Å². The third-order valence-electron chi connectivity index (χ3n) is 6.08. The maximum absolute atomic E-state index is 13.5. The molecule has 0 bridgehead atoms. The van der Waals surface area contributed by atoms with Crippen LogP contribution in [0.15, 0.2) is 48.5 Å². The van der Waals surface area contributed by atoms with E-state index in [1.165, 1.54) is 49.4 Å². The number of carboxylic acid groups (broad SMARTS) is 1. The molecule has 12 heteroatoms. The van der Waals surface area contributed by atoms with Gasteiger partial charge in [-0.25, -0.2) is 4.90 Å². The van der Waals surface area contributed by atoms with Gasteiger partial charge in [0.1, 0.15) is 5.75 Å². The van der Waals surface area contributed by atoms with E-state index >= 15 is 0 Å². The van der Waals surface area contributed by atoms with Crippen molar-refractivity contribution < 1.29 is 39.1 Å². The van der Waals surface area contributed by atoms with Crippen LogP contribution < -0.4 is 15.0 Å². The molecule has 0 saturated carbocycles. The molecule has 2 aliphatic heterocycles. The van der Waals surface area contributed by atoms with Gasteiger partial charge < -0.3 is 14.9 Å². The molecule has 4 unspecified atom stereocenters. The molecule has 0 spiro atoms. The fourth-order valence-electron chi connectivity index (χ4n) is 4.61. The van der Waals surface area contributed by atoms with Crippen LogP contribution in [-0.2, 0) is 19.2 Å². The standard InChI is InChI=1S/C22H19N3O9/c1-11(27)34-15-7-5-12(6-8-15)18-16-17(22(10-26,23-18)21(30)31)20(29)24(19(16)28)13-3-2-4-14(9-13)25(32)33/h2-9,16-18,23,26H,10H2,1H3,(H,30,31). The number of aliphatic hydroxyl groups is 1. The molecular weight excluding hydrogens is 450 g/mol. The lowest BCUT2D eigenvalue weighted by Gasteiger charge is -2.29. The lowest BCUT2D eigenvalue weighted by atomic mass is 9.79. The summed E-state index contributed by atoms with van der Waals surface area (Å²) in [5.74, 6) is -6.17. The first kappa shape index (κ1) is 23.0. The number of anilines is 1. The van der Waals surface area contributed by atoms with Crippen LogP contribution in [0.3, 0.4) is 0 Å². The van der Waals surface area contributed by atoms with Crippen molar-refractivity contribution in [1.29, 1.82) is 0 Å². The summed E-state index contributed by atoms with van der Waals surface area (Å²) < 4.78 is 4.98. The zero-order chi connectivity index (χ0) is 24.8. The number of nitrogens with one attached hydrogen (secondary N) is 1. The van der Waals surface area contributed by atoms with Gasteiger partial charge in [0.15, 0.2) is 5.54 Å². The molecule has 4 atom stereocenters. The Hall–Kier alpha value is -4.16. The van der Waals surface area contributed by atoms with Gasteiger partial charge in [0.25, 0.3) is 5.69 Å². The summed E-state index contributed by atoms with van der Waals surface area (Å²) in [4.78, 5) is 61.4. The van der Waals surface area contributed by atoms with Gasteiger partial charge in [0.05, 0.1) is 29.1 Å². The van der Waals surface area contributed by atoms with Gasteiger partial charge in [-0.3, -0.25) is 34.6 Å². The number of carboxylic acids is 1. The monoisotopic (exact) mass is 469 g/mol. The van der Waals surface area contributed by atoms with E-state index in [0.29, 0.717) is 5.56 Å². The number of hydrogen-bond acceptors (Lipinski definition) is 9. The fraction of sp³-hybridized carbons (Fsp3) is 0.273. The molecule has 2 aromatic carbocycles. The highest BCUT2D eigenvalue weighted by Gasteiger charge is 2.68. The Morgan fingerprint density at radius 1 is 1.18 bits per heavy atom. The number of aliphatic carboxylic acids is 1. The lowest BCUT2D eigenvalue weighted by Crippen LogP contribution is -2.58. The summed E-state index contributed by atoms with van der Waals surface area (Å²) in [6, 6.07) is 9.82. The number of amides is 2. The predicted octanol–water partition coefficient (Wildman–Crippen LogP) is 0.786. The van der Waals surface area contributed by atoms with Gasteiger partial charge >= 0.3 is 11.9 Å². The van der Waals surface area contributed by atoms with Crippen LogP contribution in [0.2, 0.25) is 0 Å². The highest BCUT2D eigenvalue weighted by atomic mass is 16.6. The molecule has 4 rings (SSSR count). The summed E-state index contributed by atoms with van der Waals surface area (Å²) >= 11 is 0. The van der Waals surface area contributed by atoms with Gasteiger partial charge in [-0.15, -0.1) is 0 Å². The number of nitro benzene ring substituents is 1. The fourth-order valence-corrected chi connectivity index (χ4v) is 4.61. The van der Waals surface area contributed by atoms with Gasteiger partial charge in [-0.05, 0) is 23.8 Å². The number of hydrogen-bond donors (Lipinski definition) is 3. The number of carbonyl (C=O) groups is 4. The van der Waals surface area contributed by atoms with Crippen LogP contribution in [0, 0.1) is 22.0 Å². The van der Waals surface area contributed by atoms with Crippen LogP contribution in [-0.4, -0.2) is 51.0 Å². The molecule has 0 aromatic heterocycles. The first-order valence-corrected chi connectivity index (χ1v) is 10.1. The molecule has 176 valence electrons. The third-order valence-corrected chi connectivity index (χ3v) is 6.08. The number of rotatable bonds is 6. The second kappa shape index (κ2) is 8.32. The molecular formula is C22H19N3O9. The summed E-state index contributed by atoms with van der Waals surface area (Å²) in [6.45, 7) is 0.248.